The minimum absolute atomic E-state index is 0.372. The van der Waals surface area contributed by atoms with Crippen molar-refractivity contribution < 1.29 is 0 Å². The van der Waals surface area contributed by atoms with Crippen molar-refractivity contribution in [3.63, 3.8) is 0 Å². The third-order valence-electron chi connectivity index (χ3n) is 3.09. The van der Waals surface area contributed by atoms with E-state index in [-0.39, 0.29) is 0 Å². The number of hydrogen-bond acceptors (Lipinski definition) is 6. The van der Waals surface area contributed by atoms with Gasteiger partial charge >= 0.3 is 0 Å². The van der Waals surface area contributed by atoms with E-state index < -0.39 is 0 Å². The molecule has 2 heterocycles. The molecule has 1 unspecified atom stereocenters. The van der Waals surface area contributed by atoms with Gasteiger partial charge in [0.15, 0.2) is 0 Å². The van der Waals surface area contributed by atoms with Crippen molar-refractivity contribution in [3.05, 3.63) is 28.5 Å². The molecule has 1 atom stereocenters. The molecule has 0 saturated carbocycles. The zero-order valence-electron chi connectivity index (χ0n) is 12.2. The summed E-state index contributed by atoms with van der Waals surface area (Å²) in [5, 5.41) is 9.87. The van der Waals surface area contributed by atoms with Crippen LogP contribution >= 0.6 is 11.3 Å². The summed E-state index contributed by atoms with van der Waals surface area (Å²) in [6.07, 6.45) is 4.35. The summed E-state index contributed by atoms with van der Waals surface area (Å²) >= 11 is 1.69. The fourth-order valence-corrected chi connectivity index (χ4v) is 2.73. The molecule has 0 bridgehead atoms. The SMILES string of the molecule is CCNc1ncnc(NCC(C)c2nccs2)c1CC. The smallest absolute Gasteiger partial charge is 0.134 e. The van der Waals surface area contributed by atoms with Gasteiger partial charge in [-0.1, -0.05) is 13.8 Å². The average Bonchev–Trinajstić information content (AvgIpc) is 2.99. The predicted octanol–water partition coefficient (Wildman–Crippen LogP) is 3.14. The molecule has 5 nitrogen and oxygen atoms in total. The van der Waals surface area contributed by atoms with Gasteiger partial charge in [0.05, 0.1) is 5.01 Å². The van der Waals surface area contributed by atoms with Crippen molar-refractivity contribution in [2.75, 3.05) is 23.7 Å². The summed E-state index contributed by atoms with van der Waals surface area (Å²) in [5.41, 5.74) is 1.14. The minimum Gasteiger partial charge on any atom is -0.370 e. The summed E-state index contributed by atoms with van der Waals surface area (Å²) in [7, 11) is 0. The Morgan fingerprint density at radius 2 is 1.90 bits per heavy atom. The normalized spacial score (nSPS) is 12.2. The van der Waals surface area contributed by atoms with Crippen LogP contribution in [0.1, 0.15) is 37.3 Å². The maximum Gasteiger partial charge on any atom is 0.134 e. The first kappa shape index (κ1) is 14.7. The van der Waals surface area contributed by atoms with Crippen molar-refractivity contribution in [2.45, 2.75) is 33.1 Å². The molecule has 0 spiro atoms. The lowest BCUT2D eigenvalue weighted by Crippen LogP contribution is -2.14. The predicted molar refractivity (Wildman–Crippen MR) is 84.6 cm³/mol. The van der Waals surface area contributed by atoms with Gasteiger partial charge in [-0.15, -0.1) is 11.3 Å². The molecule has 2 rings (SSSR count). The van der Waals surface area contributed by atoms with Gasteiger partial charge in [0, 0.05) is 36.1 Å². The molecule has 0 amide bonds. The third kappa shape index (κ3) is 3.45. The lowest BCUT2D eigenvalue weighted by Gasteiger charge is -2.15. The Morgan fingerprint density at radius 3 is 2.50 bits per heavy atom. The Kier molecular flexibility index (Phi) is 5.29. The van der Waals surface area contributed by atoms with Crippen LogP contribution in [0.5, 0.6) is 0 Å². The summed E-state index contributed by atoms with van der Waals surface area (Å²) in [6, 6.07) is 0. The highest BCUT2D eigenvalue weighted by atomic mass is 32.1. The maximum atomic E-state index is 4.37. The molecular formula is C14H21N5S. The van der Waals surface area contributed by atoms with E-state index in [0.29, 0.717) is 5.92 Å². The Bertz CT molecular complexity index is 526. The van der Waals surface area contributed by atoms with Gasteiger partial charge in [0.25, 0.3) is 0 Å². The Hall–Kier alpha value is -1.69. The first-order valence-corrected chi connectivity index (χ1v) is 7.85. The summed E-state index contributed by atoms with van der Waals surface area (Å²) in [6.45, 7) is 8.04. The largest absolute Gasteiger partial charge is 0.370 e. The highest BCUT2D eigenvalue weighted by Gasteiger charge is 2.12. The average molecular weight is 291 g/mol. The van der Waals surface area contributed by atoms with Crippen molar-refractivity contribution in [1.82, 2.24) is 15.0 Å². The molecule has 2 N–H and O–H groups in total. The first-order chi connectivity index (χ1) is 9.76. The molecule has 2 aromatic heterocycles. The molecule has 0 radical (unpaired) electrons. The van der Waals surface area contributed by atoms with Gasteiger partial charge in [0.2, 0.25) is 0 Å². The van der Waals surface area contributed by atoms with Gasteiger partial charge in [0.1, 0.15) is 18.0 Å². The Labute approximate surface area is 123 Å². The summed E-state index contributed by atoms with van der Waals surface area (Å²) < 4.78 is 0. The molecule has 108 valence electrons. The number of hydrogen-bond donors (Lipinski definition) is 2. The summed E-state index contributed by atoms with van der Waals surface area (Å²) in [4.78, 5) is 13.0. The molecule has 0 aliphatic heterocycles. The third-order valence-corrected chi connectivity index (χ3v) is 4.10. The molecular weight excluding hydrogens is 270 g/mol. The van der Waals surface area contributed by atoms with Crippen molar-refractivity contribution in [2.24, 2.45) is 0 Å². The topological polar surface area (TPSA) is 62.7 Å². The lowest BCUT2D eigenvalue weighted by atomic mass is 10.1. The number of aromatic nitrogens is 3. The molecule has 0 fully saturated rings. The van der Waals surface area contributed by atoms with E-state index in [0.717, 1.165) is 41.7 Å². The maximum absolute atomic E-state index is 4.37. The van der Waals surface area contributed by atoms with Gasteiger partial charge in [-0.25, -0.2) is 15.0 Å². The highest BCUT2D eigenvalue weighted by molar-refractivity contribution is 7.09. The van der Waals surface area contributed by atoms with Gasteiger partial charge in [-0.05, 0) is 13.3 Å². The number of nitrogens with zero attached hydrogens (tertiary/aromatic N) is 3. The van der Waals surface area contributed by atoms with Crippen molar-refractivity contribution in [3.8, 4) is 0 Å². The van der Waals surface area contributed by atoms with E-state index in [1.165, 1.54) is 0 Å². The minimum atomic E-state index is 0.372. The van der Waals surface area contributed by atoms with Crippen LogP contribution in [-0.4, -0.2) is 28.0 Å². The van der Waals surface area contributed by atoms with Crippen LogP contribution in [0.2, 0.25) is 0 Å². The quantitative estimate of drug-likeness (QED) is 0.820. The Morgan fingerprint density at radius 1 is 1.15 bits per heavy atom. The number of anilines is 2. The molecule has 0 aliphatic carbocycles. The fourth-order valence-electron chi connectivity index (χ4n) is 2.03. The number of thiazole rings is 1. The molecule has 0 saturated heterocycles. The van der Waals surface area contributed by atoms with Gasteiger partial charge < -0.3 is 10.6 Å². The van der Waals surface area contributed by atoms with Crippen LogP contribution in [0.3, 0.4) is 0 Å². The van der Waals surface area contributed by atoms with Crippen LogP contribution in [0, 0.1) is 0 Å². The van der Waals surface area contributed by atoms with E-state index in [9.17, 15) is 0 Å². The van der Waals surface area contributed by atoms with E-state index in [1.54, 1.807) is 17.7 Å². The second-order valence-electron chi connectivity index (χ2n) is 4.59. The molecule has 0 aromatic carbocycles. The Balaban J connectivity index is 2.07. The van der Waals surface area contributed by atoms with Crippen LogP contribution in [0.15, 0.2) is 17.9 Å². The van der Waals surface area contributed by atoms with Gasteiger partial charge in [-0.3, -0.25) is 0 Å². The van der Waals surface area contributed by atoms with Crippen molar-refractivity contribution >= 4 is 23.0 Å². The lowest BCUT2D eigenvalue weighted by molar-refractivity contribution is 0.789. The van der Waals surface area contributed by atoms with Gasteiger partial charge in [-0.2, -0.15) is 0 Å². The van der Waals surface area contributed by atoms with Crippen LogP contribution in [0.25, 0.3) is 0 Å². The molecule has 0 aliphatic rings. The van der Waals surface area contributed by atoms with E-state index in [2.05, 4.69) is 46.4 Å². The molecule has 2 aromatic rings. The summed E-state index contributed by atoms with van der Waals surface area (Å²) in [5.74, 6) is 2.22. The standard InChI is InChI=1S/C14H21N5S/c1-4-11-12(15-5-2)18-9-19-13(11)17-8-10(3)14-16-6-7-20-14/h6-7,9-10H,4-5,8H2,1-3H3,(H2,15,17,18,19). The first-order valence-electron chi connectivity index (χ1n) is 6.97. The highest BCUT2D eigenvalue weighted by Crippen LogP contribution is 2.22. The van der Waals surface area contributed by atoms with Crippen LogP contribution < -0.4 is 10.6 Å². The van der Waals surface area contributed by atoms with E-state index in [4.69, 9.17) is 0 Å². The second-order valence-corrected chi connectivity index (χ2v) is 5.51. The zero-order chi connectivity index (χ0) is 14.4. The number of nitrogens with one attached hydrogen (secondary N) is 2. The van der Waals surface area contributed by atoms with E-state index >= 15 is 0 Å². The van der Waals surface area contributed by atoms with Crippen LogP contribution in [0.4, 0.5) is 11.6 Å². The second kappa shape index (κ2) is 7.19. The molecule has 6 heteroatoms. The van der Waals surface area contributed by atoms with Crippen molar-refractivity contribution in [1.29, 1.82) is 0 Å². The zero-order valence-corrected chi connectivity index (χ0v) is 13.0. The van der Waals surface area contributed by atoms with E-state index in [1.807, 2.05) is 11.6 Å². The monoisotopic (exact) mass is 291 g/mol. The van der Waals surface area contributed by atoms with Crippen LogP contribution in [-0.2, 0) is 6.42 Å². The fraction of sp³-hybridized carbons (Fsp3) is 0.500. The number of rotatable bonds is 7. The molecule has 20 heavy (non-hydrogen) atoms.